The monoisotopic (exact) mass is 499 g/mol. The van der Waals surface area contributed by atoms with Crippen molar-refractivity contribution in [3.63, 3.8) is 0 Å². The molecule has 9 heteroatoms. The van der Waals surface area contributed by atoms with E-state index in [4.69, 9.17) is 14.9 Å². The zero-order valence-corrected chi connectivity index (χ0v) is 22.0. The second-order valence-electron chi connectivity index (χ2n) is 10.8. The molecule has 5 unspecified atom stereocenters. The standard InChI is InChI=1S/C27H41N5O4/c1-17-7-25(33)29-15-24(17)20-8-19(16-32-6-5-31(2)27(32)28)9-21(12-20)26(34)30-14-18-10-22(35-3)13-23(11-18)36-4/h5-7,15,18-23,28H,8-14,16H2,1-4H3,(H,29,33)(H,30,34). The first kappa shape index (κ1) is 26.4. The molecule has 4 rings (SSSR count). The number of pyridine rings is 1. The van der Waals surface area contributed by atoms with Crippen LogP contribution in [0, 0.1) is 30.1 Å². The number of imidazole rings is 1. The van der Waals surface area contributed by atoms with Crippen molar-refractivity contribution < 1.29 is 14.3 Å². The first-order valence-corrected chi connectivity index (χ1v) is 13.1. The molecule has 3 N–H and O–H groups in total. The highest BCUT2D eigenvalue weighted by atomic mass is 16.5. The normalized spacial score (nSPS) is 28.7. The van der Waals surface area contributed by atoms with Crippen molar-refractivity contribution in [1.82, 2.24) is 19.4 Å². The van der Waals surface area contributed by atoms with Gasteiger partial charge in [0.1, 0.15) is 0 Å². The molecule has 0 radical (unpaired) electrons. The number of H-pyrrole nitrogens is 1. The summed E-state index contributed by atoms with van der Waals surface area (Å²) < 4.78 is 15.0. The number of aromatic amines is 1. The number of carbonyl (C=O) groups is 1. The topological polar surface area (TPSA) is 114 Å². The fraction of sp³-hybridized carbons (Fsp3) is 0.667. The van der Waals surface area contributed by atoms with E-state index in [9.17, 15) is 9.59 Å². The number of hydrogen-bond acceptors (Lipinski definition) is 5. The number of nitrogens with one attached hydrogen (secondary N) is 3. The van der Waals surface area contributed by atoms with Crippen LogP contribution in [-0.4, -0.2) is 53.0 Å². The van der Waals surface area contributed by atoms with Crippen LogP contribution in [0.4, 0.5) is 0 Å². The van der Waals surface area contributed by atoms with Gasteiger partial charge in [0.15, 0.2) is 0 Å². The second-order valence-corrected chi connectivity index (χ2v) is 10.8. The molecule has 2 saturated carbocycles. The van der Waals surface area contributed by atoms with Gasteiger partial charge in [-0.25, -0.2) is 0 Å². The summed E-state index contributed by atoms with van der Waals surface area (Å²) in [7, 11) is 5.36. The lowest BCUT2D eigenvalue weighted by atomic mass is 9.71. The van der Waals surface area contributed by atoms with Gasteiger partial charge in [0, 0.05) is 64.9 Å². The third kappa shape index (κ3) is 6.18. The van der Waals surface area contributed by atoms with Gasteiger partial charge in [-0.1, -0.05) is 0 Å². The van der Waals surface area contributed by atoms with E-state index in [1.807, 2.05) is 37.1 Å². The maximum absolute atomic E-state index is 13.4. The van der Waals surface area contributed by atoms with Crippen LogP contribution in [0.5, 0.6) is 0 Å². The number of hydrogen-bond donors (Lipinski definition) is 3. The van der Waals surface area contributed by atoms with Crippen LogP contribution in [0.25, 0.3) is 0 Å². The van der Waals surface area contributed by atoms with E-state index in [0.29, 0.717) is 24.6 Å². The van der Waals surface area contributed by atoms with Gasteiger partial charge in [-0.05, 0) is 74.3 Å². The molecular weight excluding hydrogens is 458 g/mol. The summed E-state index contributed by atoms with van der Waals surface area (Å²) in [6.45, 7) is 3.31. The van der Waals surface area contributed by atoms with Crippen LogP contribution in [0.1, 0.15) is 55.6 Å². The SMILES string of the molecule is COC1CC(CNC(=O)C2CC(Cn3ccn(C)c3=N)CC(c3c[nH]c(=O)cc3C)C2)CC(OC)C1. The molecule has 2 aromatic heterocycles. The Morgan fingerprint density at radius 1 is 1.08 bits per heavy atom. The Bertz CT molecular complexity index is 1140. The van der Waals surface area contributed by atoms with Gasteiger partial charge in [-0.3, -0.25) is 15.0 Å². The minimum Gasteiger partial charge on any atom is -0.381 e. The zero-order valence-electron chi connectivity index (χ0n) is 22.0. The van der Waals surface area contributed by atoms with E-state index in [0.717, 1.165) is 49.7 Å². The molecule has 2 aliphatic rings. The van der Waals surface area contributed by atoms with Crippen molar-refractivity contribution in [2.24, 2.45) is 24.8 Å². The highest BCUT2D eigenvalue weighted by Gasteiger charge is 2.35. The molecule has 0 aliphatic heterocycles. The van der Waals surface area contributed by atoms with E-state index in [-0.39, 0.29) is 41.4 Å². The number of nitrogens with zero attached hydrogens (tertiary/aromatic N) is 2. The van der Waals surface area contributed by atoms with Crippen molar-refractivity contribution in [3.05, 3.63) is 51.8 Å². The highest BCUT2D eigenvalue weighted by molar-refractivity contribution is 5.78. The van der Waals surface area contributed by atoms with Crippen molar-refractivity contribution in [3.8, 4) is 0 Å². The maximum Gasteiger partial charge on any atom is 0.248 e. The van der Waals surface area contributed by atoms with E-state index < -0.39 is 0 Å². The van der Waals surface area contributed by atoms with Crippen molar-refractivity contribution in [1.29, 1.82) is 5.41 Å². The number of ether oxygens (including phenoxy) is 2. The van der Waals surface area contributed by atoms with Crippen LogP contribution >= 0.6 is 0 Å². The second kappa shape index (κ2) is 11.6. The molecule has 2 aliphatic carbocycles. The number of amides is 1. The average molecular weight is 500 g/mol. The number of methoxy groups -OCH3 is 2. The van der Waals surface area contributed by atoms with E-state index >= 15 is 0 Å². The molecule has 5 atom stereocenters. The summed E-state index contributed by atoms with van der Waals surface area (Å²) in [6, 6.07) is 1.64. The molecule has 36 heavy (non-hydrogen) atoms. The van der Waals surface area contributed by atoms with Crippen LogP contribution in [0.15, 0.2) is 29.5 Å². The summed E-state index contributed by atoms with van der Waals surface area (Å²) >= 11 is 0. The van der Waals surface area contributed by atoms with Crippen molar-refractivity contribution >= 4 is 5.91 Å². The van der Waals surface area contributed by atoms with Crippen LogP contribution in [0.3, 0.4) is 0 Å². The fourth-order valence-electron chi connectivity index (χ4n) is 6.29. The van der Waals surface area contributed by atoms with Gasteiger partial charge < -0.3 is 28.9 Å². The van der Waals surface area contributed by atoms with Crippen LogP contribution in [-0.2, 0) is 27.9 Å². The lowest BCUT2D eigenvalue weighted by Gasteiger charge is -2.36. The van der Waals surface area contributed by atoms with Gasteiger partial charge in [-0.2, -0.15) is 0 Å². The summed E-state index contributed by atoms with van der Waals surface area (Å²) in [6.07, 6.45) is 11.2. The molecular formula is C27H41N5O4. The maximum atomic E-state index is 13.4. The Hall–Kier alpha value is -2.65. The Labute approximate surface area is 212 Å². The first-order chi connectivity index (χ1) is 17.3. The predicted octanol–water partition coefficient (Wildman–Crippen LogP) is 2.45. The van der Waals surface area contributed by atoms with Gasteiger partial charge in [0.25, 0.3) is 0 Å². The van der Waals surface area contributed by atoms with Gasteiger partial charge in [0.2, 0.25) is 17.1 Å². The largest absolute Gasteiger partial charge is 0.381 e. The molecule has 2 heterocycles. The molecule has 9 nitrogen and oxygen atoms in total. The molecule has 2 fully saturated rings. The molecule has 1 amide bonds. The van der Waals surface area contributed by atoms with Gasteiger partial charge in [0.05, 0.1) is 12.2 Å². The Morgan fingerprint density at radius 3 is 2.42 bits per heavy atom. The molecule has 0 aromatic carbocycles. The molecule has 0 spiro atoms. The lowest BCUT2D eigenvalue weighted by molar-refractivity contribution is -0.127. The van der Waals surface area contributed by atoms with Crippen molar-refractivity contribution in [2.45, 2.75) is 70.1 Å². The number of rotatable bonds is 8. The molecule has 2 aromatic rings. The summed E-state index contributed by atoms with van der Waals surface area (Å²) in [5, 5.41) is 11.6. The summed E-state index contributed by atoms with van der Waals surface area (Å²) in [4.78, 5) is 28.1. The minimum absolute atomic E-state index is 0.101. The quantitative estimate of drug-likeness (QED) is 0.518. The smallest absolute Gasteiger partial charge is 0.248 e. The minimum atomic E-state index is -0.112. The molecule has 0 bridgehead atoms. The highest BCUT2D eigenvalue weighted by Crippen LogP contribution is 2.41. The number of carbonyl (C=O) groups excluding carboxylic acids is 1. The summed E-state index contributed by atoms with van der Waals surface area (Å²) in [5.74, 6) is 0.760. The average Bonchev–Trinajstić information content (AvgIpc) is 3.18. The third-order valence-corrected chi connectivity index (χ3v) is 8.27. The van der Waals surface area contributed by atoms with Crippen LogP contribution < -0.4 is 16.5 Å². The molecule has 198 valence electrons. The first-order valence-electron chi connectivity index (χ1n) is 13.1. The lowest BCUT2D eigenvalue weighted by Crippen LogP contribution is -2.42. The predicted molar refractivity (Wildman–Crippen MR) is 137 cm³/mol. The number of aromatic nitrogens is 3. The van der Waals surface area contributed by atoms with Gasteiger partial charge >= 0.3 is 0 Å². The Balaban J connectivity index is 1.47. The van der Waals surface area contributed by atoms with Crippen LogP contribution in [0.2, 0.25) is 0 Å². The Morgan fingerprint density at radius 2 is 1.81 bits per heavy atom. The molecule has 0 saturated heterocycles. The fourth-order valence-corrected chi connectivity index (χ4v) is 6.29. The zero-order chi connectivity index (χ0) is 25.8. The third-order valence-electron chi connectivity index (χ3n) is 8.27. The Kier molecular flexibility index (Phi) is 8.51. The van der Waals surface area contributed by atoms with Gasteiger partial charge in [-0.15, -0.1) is 0 Å². The number of aryl methyl sites for hydroxylation is 2. The van der Waals surface area contributed by atoms with E-state index in [2.05, 4.69) is 10.3 Å². The van der Waals surface area contributed by atoms with Crippen molar-refractivity contribution in [2.75, 3.05) is 20.8 Å². The van der Waals surface area contributed by atoms with E-state index in [1.165, 1.54) is 0 Å². The van der Waals surface area contributed by atoms with E-state index in [1.54, 1.807) is 24.9 Å². The summed E-state index contributed by atoms with van der Waals surface area (Å²) in [5.41, 5.74) is 2.43.